The van der Waals surface area contributed by atoms with Crippen LogP contribution in [0.2, 0.25) is 0 Å². The number of hydrogen-bond donors (Lipinski definition) is 3. The fourth-order valence-electron chi connectivity index (χ4n) is 4.79. The van der Waals surface area contributed by atoms with Gasteiger partial charge in [-0.05, 0) is 35.9 Å². The maximum absolute atomic E-state index is 12.7. The lowest BCUT2D eigenvalue weighted by atomic mass is 9.88. The van der Waals surface area contributed by atoms with Crippen LogP contribution in [0.3, 0.4) is 0 Å². The first-order chi connectivity index (χ1) is 16.9. The molecule has 1 saturated heterocycles. The molecule has 9 heteroatoms. The van der Waals surface area contributed by atoms with Gasteiger partial charge in [0.25, 0.3) is 0 Å². The predicted molar refractivity (Wildman–Crippen MR) is 138 cm³/mol. The molecule has 3 atom stereocenters. The molecule has 3 N–H and O–H groups in total. The van der Waals surface area contributed by atoms with E-state index in [1.807, 2.05) is 18.2 Å². The highest BCUT2D eigenvalue weighted by atomic mass is 79.9. The van der Waals surface area contributed by atoms with Crippen LogP contribution in [0, 0.1) is 0 Å². The molecule has 1 fully saturated rings. The number of ether oxygens (including phenoxy) is 3. The molecule has 2 aliphatic heterocycles. The second kappa shape index (κ2) is 11.8. The maximum atomic E-state index is 12.7. The van der Waals surface area contributed by atoms with Crippen molar-refractivity contribution in [1.29, 1.82) is 0 Å². The van der Waals surface area contributed by atoms with E-state index < -0.39 is 12.2 Å². The number of aliphatic hydroxyl groups is 1. The molecular weight excluding hydrogens is 514 g/mol. The number of carbonyl (C=O) groups is 1. The third-order valence-corrected chi connectivity index (χ3v) is 7.57. The van der Waals surface area contributed by atoms with Crippen molar-refractivity contribution in [2.45, 2.75) is 56.4 Å². The molecule has 1 aliphatic carbocycles. The van der Waals surface area contributed by atoms with Gasteiger partial charge in [-0.2, -0.15) is 0 Å². The van der Waals surface area contributed by atoms with Crippen molar-refractivity contribution in [3.63, 3.8) is 0 Å². The normalized spacial score (nSPS) is 25.6. The van der Waals surface area contributed by atoms with Gasteiger partial charge in [-0.1, -0.05) is 41.1 Å². The van der Waals surface area contributed by atoms with Crippen LogP contribution in [-0.2, 0) is 4.79 Å². The highest BCUT2D eigenvalue weighted by molar-refractivity contribution is 9.11. The summed E-state index contributed by atoms with van der Waals surface area (Å²) in [7, 11) is 1.61. The van der Waals surface area contributed by atoms with E-state index in [1.54, 1.807) is 19.2 Å². The zero-order valence-electron chi connectivity index (χ0n) is 20.5. The minimum absolute atomic E-state index is 0.0629. The topological polar surface area (TPSA) is 92.3 Å². The van der Waals surface area contributed by atoms with E-state index in [0.29, 0.717) is 36.4 Å². The average molecular weight is 550 g/mol. The van der Waals surface area contributed by atoms with E-state index in [2.05, 4.69) is 44.5 Å². The largest absolute Gasteiger partial charge is 0.497 e. The highest BCUT2D eigenvalue weighted by Gasteiger charge is 2.31. The van der Waals surface area contributed by atoms with Gasteiger partial charge < -0.3 is 30.0 Å². The molecule has 35 heavy (non-hydrogen) atoms. The molecule has 192 valence electrons. The lowest BCUT2D eigenvalue weighted by Gasteiger charge is -2.36. The molecule has 1 aromatic rings. The summed E-state index contributed by atoms with van der Waals surface area (Å²) in [6.45, 7) is 4.91. The molecule has 0 spiro atoms. The molecule has 4 rings (SSSR count). The third kappa shape index (κ3) is 6.78. The minimum atomic E-state index is -0.684. The fourth-order valence-corrected chi connectivity index (χ4v) is 5.44. The van der Waals surface area contributed by atoms with Gasteiger partial charge in [0.2, 0.25) is 5.91 Å². The molecule has 2 heterocycles. The van der Waals surface area contributed by atoms with E-state index in [1.165, 1.54) is 0 Å². The minimum Gasteiger partial charge on any atom is -0.497 e. The molecule has 0 radical (unpaired) electrons. The van der Waals surface area contributed by atoms with Crippen LogP contribution in [0.1, 0.15) is 32.6 Å². The summed E-state index contributed by atoms with van der Waals surface area (Å²) in [5.41, 5.74) is -0.307. The van der Waals surface area contributed by atoms with E-state index in [-0.39, 0.29) is 18.1 Å². The van der Waals surface area contributed by atoms with Gasteiger partial charge in [-0.15, -0.1) is 0 Å². The van der Waals surface area contributed by atoms with E-state index in [0.717, 1.165) is 43.3 Å². The average Bonchev–Trinajstić information content (AvgIpc) is 2.87. The number of likely N-dealkylation sites (tertiary alicyclic amines) is 1. The lowest BCUT2D eigenvalue weighted by Crippen LogP contribution is -2.53. The molecular formula is C26H36BrN3O5. The number of aliphatic hydroxyl groups excluding tert-OH is 1. The number of carbonyl (C=O) groups excluding carboxylic acids is 1. The second-order valence-electron chi connectivity index (χ2n) is 9.51. The Kier molecular flexibility index (Phi) is 8.75. The summed E-state index contributed by atoms with van der Waals surface area (Å²) in [4.78, 5) is 14.9. The number of amides is 1. The quantitative estimate of drug-likeness (QED) is 0.436. The molecule has 0 bridgehead atoms. The fraction of sp³-hybridized carbons (Fsp3) is 0.577. The summed E-state index contributed by atoms with van der Waals surface area (Å²) < 4.78 is 18.0. The number of allylic oxidation sites excluding steroid dienone is 2. The van der Waals surface area contributed by atoms with Crippen molar-refractivity contribution in [1.82, 2.24) is 15.5 Å². The Hall–Kier alpha value is -2.07. The number of benzene rings is 1. The van der Waals surface area contributed by atoms with E-state index in [9.17, 15) is 9.90 Å². The summed E-state index contributed by atoms with van der Waals surface area (Å²) in [6, 6.07) is 5.70. The molecule has 3 aliphatic rings. The Morgan fingerprint density at radius 1 is 1.34 bits per heavy atom. The highest BCUT2D eigenvalue weighted by Crippen LogP contribution is 2.35. The van der Waals surface area contributed by atoms with Gasteiger partial charge in [-0.3, -0.25) is 9.69 Å². The van der Waals surface area contributed by atoms with Gasteiger partial charge >= 0.3 is 0 Å². The summed E-state index contributed by atoms with van der Waals surface area (Å²) >= 11 is 3.57. The molecule has 8 nitrogen and oxygen atoms in total. The van der Waals surface area contributed by atoms with Gasteiger partial charge in [0.05, 0.1) is 19.2 Å². The Labute approximate surface area is 215 Å². The van der Waals surface area contributed by atoms with Crippen molar-refractivity contribution in [3.8, 4) is 17.2 Å². The SMILES string of the molecule is CCC1(NC(=O)CN2CCC(NCC(O)C3COc4cc(OC)ccc4O3)CC2)C=CC=C(Br)C1. The van der Waals surface area contributed by atoms with Gasteiger partial charge in [0.1, 0.15) is 18.5 Å². The van der Waals surface area contributed by atoms with Crippen LogP contribution in [0.5, 0.6) is 17.2 Å². The first kappa shape index (κ1) is 26.0. The summed E-state index contributed by atoms with van der Waals surface area (Å²) in [6.07, 6.45) is 8.50. The number of rotatable bonds is 9. The van der Waals surface area contributed by atoms with Crippen LogP contribution in [0.4, 0.5) is 0 Å². The zero-order valence-corrected chi connectivity index (χ0v) is 22.1. The van der Waals surface area contributed by atoms with Crippen molar-refractivity contribution in [2.75, 3.05) is 39.9 Å². The zero-order chi connectivity index (χ0) is 24.8. The third-order valence-electron chi connectivity index (χ3n) is 7.03. The maximum Gasteiger partial charge on any atom is 0.234 e. The molecule has 0 aromatic heterocycles. The van der Waals surface area contributed by atoms with Crippen molar-refractivity contribution in [3.05, 3.63) is 40.9 Å². The predicted octanol–water partition coefficient (Wildman–Crippen LogP) is 2.75. The Bertz CT molecular complexity index is 947. The Morgan fingerprint density at radius 2 is 2.14 bits per heavy atom. The van der Waals surface area contributed by atoms with Gasteiger partial charge in [-0.25, -0.2) is 0 Å². The van der Waals surface area contributed by atoms with Gasteiger partial charge in [0, 0.05) is 38.2 Å². The second-order valence-corrected chi connectivity index (χ2v) is 10.5. The number of fused-ring (bicyclic) bond motifs is 1. The Balaban J connectivity index is 1.17. The van der Waals surface area contributed by atoms with Crippen molar-refractivity contribution < 1.29 is 24.1 Å². The number of nitrogens with zero attached hydrogens (tertiary/aromatic N) is 1. The number of nitrogens with one attached hydrogen (secondary N) is 2. The van der Waals surface area contributed by atoms with E-state index in [4.69, 9.17) is 14.2 Å². The smallest absolute Gasteiger partial charge is 0.234 e. The van der Waals surface area contributed by atoms with Crippen molar-refractivity contribution >= 4 is 21.8 Å². The number of piperidine rings is 1. The summed E-state index contributed by atoms with van der Waals surface area (Å²) in [5.74, 6) is 2.01. The standard InChI is InChI=1S/C26H36BrN3O5/c1-3-26(10-4-5-18(27)14-26)29-25(32)16-30-11-8-19(9-12-30)28-15-21(31)24-17-34-23-13-20(33-2)6-7-22(23)35-24/h4-7,10,13,19,21,24,28,31H,3,8-9,11-12,14-17H2,1-2H3,(H,29,32). The molecule has 1 aromatic carbocycles. The van der Waals surface area contributed by atoms with E-state index >= 15 is 0 Å². The molecule has 1 amide bonds. The van der Waals surface area contributed by atoms with Crippen LogP contribution in [-0.4, -0.2) is 79.6 Å². The number of hydrogen-bond acceptors (Lipinski definition) is 7. The number of halogens is 1. The van der Waals surface area contributed by atoms with Crippen LogP contribution in [0.15, 0.2) is 40.9 Å². The van der Waals surface area contributed by atoms with Crippen molar-refractivity contribution in [2.24, 2.45) is 0 Å². The summed E-state index contributed by atoms with van der Waals surface area (Å²) in [5, 5.41) is 17.4. The number of methoxy groups -OCH3 is 1. The first-order valence-electron chi connectivity index (χ1n) is 12.4. The monoisotopic (exact) mass is 549 g/mol. The first-order valence-corrected chi connectivity index (χ1v) is 13.1. The van der Waals surface area contributed by atoms with Crippen LogP contribution in [0.25, 0.3) is 0 Å². The van der Waals surface area contributed by atoms with Crippen LogP contribution < -0.4 is 24.8 Å². The molecule has 0 saturated carbocycles. The Morgan fingerprint density at radius 3 is 2.86 bits per heavy atom. The van der Waals surface area contributed by atoms with Crippen LogP contribution >= 0.6 is 15.9 Å². The van der Waals surface area contributed by atoms with Gasteiger partial charge in [0.15, 0.2) is 17.6 Å². The molecule has 3 unspecified atom stereocenters. The lowest BCUT2D eigenvalue weighted by molar-refractivity contribution is -0.124.